The van der Waals surface area contributed by atoms with E-state index in [4.69, 9.17) is 11.6 Å². The first-order valence-corrected chi connectivity index (χ1v) is 7.50. The minimum Gasteiger partial charge on any atom is -0.315 e. The largest absolute Gasteiger partial charge is 0.315 e. The fraction of sp³-hybridized carbons (Fsp3) is 0.333. The third-order valence-electron chi connectivity index (χ3n) is 4.33. The second-order valence-electron chi connectivity index (χ2n) is 6.02. The van der Waals surface area contributed by atoms with Crippen LogP contribution in [0.25, 0.3) is 0 Å². The highest BCUT2D eigenvalue weighted by Gasteiger charge is 2.38. The minimum atomic E-state index is 0.201. The van der Waals surface area contributed by atoms with Crippen molar-refractivity contribution in [1.29, 1.82) is 0 Å². The van der Waals surface area contributed by atoms with E-state index in [-0.39, 0.29) is 5.41 Å². The number of nitrogens with one attached hydrogen (secondary N) is 1. The Balaban J connectivity index is 1.91. The van der Waals surface area contributed by atoms with E-state index < -0.39 is 0 Å². The van der Waals surface area contributed by atoms with Gasteiger partial charge in [-0.25, -0.2) is 0 Å². The molecule has 1 aliphatic heterocycles. The van der Waals surface area contributed by atoms with Crippen LogP contribution in [-0.2, 0) is 11.8 Å². The predicted molar refractivity (Wildman–Crippen MR) is 85.6 cm³/mol. The lowest BCUT2D eigenvalue weighted by Crippen LogP contribution is -2.58. The molecule has 104 valence electrons. The summed E-state index contributed by atoms with van der Waals surface area (Å²) in [5.74, 6) is 0. The van der Waals surface area contributed by atoms with E-state index >= 15 is 0 Å². The van der Waals surface area contributed by atoms with E-state index in [1.807, 2.05) is 0 Å². The van der Waals surface area contributed by atoms with E-state index in [0.717, 1.165) is 24.5 Å². The van der Waals surface area contributed by atoms with Gasteiger partial charge in [-0.3, -0.25) is 0 Å². The Morgan fingerprint density at radius 3 is 2.20 bits per heavy atom. The van der Waals surface area contributed by atoms with Gasteiger partial charge in [0, 0.05) is 23.5 Å². The van der Waals surface area contributed by atoms with Crippen molar-refractivity contribution in [3.05, 3.63) is 69.7 Å². The minimum absolute atomic E-state index is 0.201. The third-order valence-corrected chi connectivity index (χ3v) is 4.68. The summed E-state index contributed by atoms with van der Waals surface area (Å²) in [6, 6.07) is 15.3. The molecule has 0 unspecified atom stereocenters. The van der Waals surface area contributed by atoms with Crippen LogP contribution in [0.5, 0.6) is 0 Å². The molecule has 0 radical (unpaired) electrons. The first kappa shape index (κ1) is 13.7. The van der Waals surface area contributed by atoms with Crippen molar-refractivity contribution in [2.45, 2.75) is 25.7 Å². The summed E-state index contributed by atoms with van der Waals surface area (Å²) in [5, 5.41) is 4.32. The number of rotatable bonds is 3. The first-order chi connectivity index (χ1) is 9.59. The van der Waals surface area contributed by atoms with Gasteiger partial charge >= 0.3 is 0 Å². The fourth-order valence-corrected chi connectivity index (χ4v) is 3.23. The van der Waals surface area contributed by atoms with Crippen LogP contribution in [0.15, 0.2) is 42.5 Å². The van der Waals surface area contributed by atoms with E-state index in [2.05, 4.69) is 61.6 Å². The lowest BCUT2D eigenvalue weighted by molar-refractivity contribution is 0.275. The Hall–Kier alpha value is -1.31. The fourth-order valence-electron chi connectivity index (χ4n) is 2.93. The van der Waals surface area contributed by atoms with Crippen LogP contribution in [-0.4, -0.2) is 13.1 Å². The maximum absolute atomic E-state index is 6.41. The summed E-state index contributed by atoms with van der Waals surface area (Å²) in [6.45, 7) is 6.27. The van der Waals surface area contributed by atoms with Crippen LogP contribution < -0.4 is 5.32 Å². The second kappa shape index (κ2) is 5.23. The first-order valence-electron chi connectivity index (χ1n) is 7.12. The summed E-state index contributed by atoms with van der Waals surface area (Å²) in [4.78, 5) is 0. The molecule has 1 N–H and O–H groups in total. The Bertz CT molecular complexity index is 612. The molecule has 0 atom stereocenters. The Labute approximate surface area is 126 Å². The zero-order chi connectivity index (χ0) is 14.2. The van der Waals surface area contributed by atoms with Crippen molar-refractivity contribution in [2.24, 2.45) is 0 Å². The summed E-state index contributed by atoms with van der Waals surface area (Å²) in [6.07, 6.45) is 1.00. The van der Waals surface area contributed by atoms with Gasteiger partial charge in [-0.2, -0.15) is 0 Å². The lowest BCUT2D eigenvalue weighted by atomic mass is 9.71. The molecule has 0 saturated carbocycles. The average Bonchev–Trinajstić information content (AvgIpc) is 2.37. The normalized spacial score (nSPS) is 16.8. The van der Waals surface area contributed by atoms with Gasteiger partial charge in [0.15, 0.2) is 0 Å². The molecule has 0 spiro atoms. The van der Waals surface area contributed by atoms with E-state index in [9.17, 15) is 0 Å². The predicted octanol–water partition coefficient (Wildman–Crippen LogP) is 4.04. The van der Waals surface area contributed by atoms with Gasteiger partial charge in [0.05, 0.1) is 0 Å². The summed E-state index contributed by atoms with van der Waals surface area (Å²) >= 11 is 6.41. The summed E-state index contributed by atoms with van der Waals surface area (Å²) in [7, 11) is 0. The maximum atomic E-state index is 6.41. The second-order valence-corrected chi connectivity index (χ2v) is 6.43. The van der Waals surface area contributed by atoms with Crippen molar-refractivity contribution < 1.29 is 0 Å². The molecule has 2 aromatic rings. The number of hydrogen-bond acceptors (Lipinski definition) is 1. The Kier molecular flexibility index (Phi) is 3.57. The van der Waals surface area contributed by atoms with Gasteiger partial charge in [-0.15, -0.1) is 0 Å². The van der Waals surface area contributed by atoms with Crippen molar-refractivity contribution in [3.63, 3.8) is 0 Å². The van der Waals surface area contributed by atoms with E-state index in [1.54, 1.807) is 0 Å². The van der Waals surface area contributed by atoms with Gasteiger partial charge in [-0.05, 0) is 43.0 Å². The zero-order valence-electron chi connectivity index (χ0n) is 12.0. The summed E-state index contributed by atoms with van der Waals surface area (Å²) in [5.41, 5.74) is 5.39. The van der Waals surface area contributed by atoms with Crippen molar-refractivity contribution >= 4 is 11.6 Å². The quantitative estimate of drug-likeness (QED) is 0.897. The Morgan fingerprint density at radius 2 is 1.65 bits per heavy atom. The molecule has 1 heterocycles. The molecular weight excluding hydrogens is 266 g/mol. The summed E-state index contributed by atoms with van der Waals surface area (Å²) < 4.78 is 0. The molecule has 0 aliphatic carbocycles. The van der Waals surface area contributed by atoms with Crippen LogP contribution in [0, 0.1) is 13.8 Å². The molecule has 2 aromatic carbocycles. The van der Waals surface area contributed by atoms with Crippen LogP contribution >= 0.6 is 11.6 Å². The van der Waals surface area contributed by atoms with Crippen LogP contribution in [0.1, 0.15) is 22.3 Å². The van der Waals surface area contributed by atoms with Gasteiger partial charge in [0.25, 0.3) is 0 Å². The smallest absolute Gasteiger partial charge is 0.0440 e. The van der Waals surface area contributed by atoms with Crippen LogP contribution in [0.2, 0.25) is 5.02 Å². The van der Waals surface area contributed by atoms with Crippen LogP contribution in [0.4, 0.5) is 0 Å². The zero-order valence-corrected chi connectivity index (χ0v) is 12.8. The van der Waals surface area contributed by atoms with Crippen molar-refractivity contribution in [2.75, 3.05) is 13.1 Å². The maximum Gasteiger partial charge on any atom is 0.0440 e. The number of halogens is 1. The number of hydrogen-bond donors (Lipinski definition) is 1. The standard InChI is InChI=1S/C18H20ClN/c1-13-4-7-16(8-5-13)18(11-20-12-18)10-15-6-3-14(2)9-17(15)19/h3-9,20H,10-12H2,1-2H3. The van der Waals surface area contributed by atoms with Gasteiger partial charge < -0.3 is 5.32 Å². The molecule has 20 heavy (non-hydrogen) atoms. The van der Waals surface area contributed by atoms with Gasteiger partial charge in [0.2, 0.25) is 0 Å². The molecule has 1 aliphatic rings. The highest BCUT2D eigenvalue weighted by atomic mass is 35.5. The Morgan fingerprint density at radius 1 is 1.00 bits per heavy atom. The SMILES string of the molecule is Cc1ccc(C2(Cc3ccc(C)cc3Cl)CNC2)cc1. The molecule has 0 bridgehead atoms. The lowest BCUT2D eigenvalue weighted by Gasteiger charge is -2.43. The average molecular weight is 286 g/mol. The van der Waals surface area contributed by atoms with E-state index in [1.165, 1.54) is 22.3 Å². The number of benzene rings is 2. The van der Waals surface area contributed by atoms with Gasteiger partial charge in [0.1, 0.15) is 0 Å². The van der Waals surface area contributed by atoms with Gasteiger partial charge in [-0.1, -0.05) is 53.6 Å². The molecule has 2 heteroatoms. The third kappa shape index (κ3) is 2.48. The monoisotopic (exact) mass is 285 g/mol. The molecule has 1 saturated heterocycles. The van der Waals surface area contributed by atoms with E-state index in [0.29, 0.717) is 0 Å². The van der Waals surface area contributed by atoms with Crippen LogP contribution in [0.3, 0.4) is 0 Å². The molecule has 0 amide bonds. The molecule has 1 nitrogen and oxygen atoms in total. The molecule has 3 rings (SSSR count). The topological polar surface area (TPSA) is 12.0 Å². The molecule has 0 aromatic heterocycles. The van der Waals surface area contributed by atoms with Crippen molar-refractivity contribution in [3.8, 4) is 0 Å². The number of aryl methyl sites for hydroxylation is 2. The highest BCUT2D eigenvalue weighted by molar-refractivity contribution is 6.31. The van der Waals surface area contributed by atoms with Crippen molar-refractivity contribution in [1.82, 2.24) is 5.32 Å². The molecular formula is C18H20ClN. The highest BCUT2D eigenvalue weighted by Crippen LogP contribution is 2.34. The molecule has 1 fully saturated rings.